The van der Waals surface area contributed by atoms with E-state index in [0.717, 1.165) is 0 Å². The van der Waals surface area contributed by atoms with E-state index in [9.17, 15) is 23.2 Å². The lowest BCUT2D eigenvalue weighted by Crippen LogP contribution is -2.34. The van der Waals surface area contributed by atoms with Crippen molar-refractivity contribution in [1.29, 1.82) is 0 Å². The zero-order valence-electron chi connectivity index (χ0n) is 10.9. The number of nitrogens with one attached hydrogen (secondary N) is 2. The van der Waals surface area contributed by atoms with Crippen molar-refractivity contribution in [3.8, 4) is 0 Å². The summed E-state index contributed by atoms with van der Waals surface area (Å²) in [5, 5.41) is 12.7. The predicted octanol–water partition coefficient (Wildman–Crippen LogP) is 1.35. The number of carboxylic acids is 1. The van der Waals surface area contributed by atoms with E-state index in [1.165, 1.54) is 0 Å². The summed E-state index contributed by atoms with van der Waals surface area (Å²) in [6.45, 7) is 1.27. The molecule has 2 amide bonds. The Morgan fingerprint density at radius 3 is 2.48 bits per heavy atom. The molecule has 0 aliphatic carbocycles. The van der Waals surface area contributed by atoms with E-state index >= 15 is 0 Å². The third-order valence-electron chi connectivity index (χ3n) is 2.23. The van der Waals surface area contributed by atoms with Gasteiger partial charge in [0.25, 0.3) is 0 Å². The number of ether oxygens (including phenoxy) is 1. The maximum atomic E-state index is 13.4. The van der Waals surface area contributed by atoms with Crippen molar-refractivity contribution in [2.24, 2.45) is 0 Å². The molecule has 0 aromatic heterocycles. The van der Waals surface area contributed by atoms with E-state index in [-0.39, 0.29) is 6.61 Å². The van der Waals surface area contributed by atoms with E-state index in [1.807, 2.05) is 5.32 Å². The first kappa shape index (κ1) is 16.3. The van der Waals surface area contributed by atoms with Crippen LogP contribution in [0.3, 0.4) is 0 Å². The normalized spacial score (nSPS) is 9.86. The molecule has 0 saturated carbocycles. The second-order valence-corrected chi connectivity index (χ2v) is 3.73. The van der Waals surface area contributed by atoms with E-state index in [4.69, 9.17) is 5.11 Å². The maximum absolute atomic E-state index is 13.4. The number of carbonyl (C=O) groups excluding carboxylic acids is 2. The molecular weight excluding hydrogens is 290 g/mol. The van der Waals surface area contributed by atoms with Crippen molar-refractivity contribution < 1.29 is 33.0 Å². The molecule has 0 unspecified atom stereocenters. The van der Waals surface area contributed by atoms with Gasteiger partial charge in [0.05, 0.1) is 17.9 Å². The zero-order chi connectivity index (χ0) is 16.0. The van der Waals surface area contributed by atoms with Crippen molar-refractivity contribution >= 4 is 23.7 Å². The molecule has 0 saturated heterocycles. The highest BCUT2D eigenvalue weighted by molar-refractivity contribution is 5.94. The lowest BCUT2D eigenvalue weighted by Gasteiger charge is -2.09. The Morgan fingerprint density at radius 2 is 1.90 bits per heavy atom. The van der Waals surface area contributed by atoms with Crippen LogP contribution in [0.5, 0.6) is 0 Å². The van der Waals surface area contributed by atoms with E-state index in [2.05, 4.69) is 10.1 Å². The van der Waals surface area contributed by atoms with E-state index < -0.39 is 47.4 Å². The molecule has 3 N–H and O–H groups in total. The molecule has 21 heavy (non-hydrogen) atoms. The van der Waals surface area contributed by atoms with E-state index in [0.29, 0.717) is 12.1 Å². The minimum Gasteiger partial charge on any atom is -0.478 e. The summed E-state index contributed by atoms with van der Waals surface area (Å²) in [6, 6.07) is 0.00588. The molecule has 0 aliphatic heterocycles. The number of carboxylic acid groups (broad SMARTS) is 1. The maximum Gasteiger partial charge on any atom is 0.338 e. The van der Waals surface area contributed by atoms with Crippen LogP contribution in [0.4, 0.5) is 19.3 Å². The van der Waals surface area contributed by atoms with Gasteiger partial charge in [-0.3, -0.25) is 4.79 Å². The van der Waals surface area contributed by atoms with Crippen LogP contribution in [0.1, 0.15) is 17.3 Å². The van der Waals surface area contributed by atoms with Crippen molar-refractivity contribution in [3.05, 3.63) is 29.3 Å². The first-order valence-corrected chi connectivity index (χ1v) is 5.78. The van der Waals surface area contributed by atoms with Crippen molar-refractivity contribution in [2.45, 2.75) is 6.92 Å². The van der Waals surface area contributed by atoms with Crippen LogP contribution in [0.25, 0.3) is 0 Å². The summed E-state index contributed by atoms with van der Waals surface area (Å²) in [5.41, 5.74) is -1.33. The molecule has 0 atom stereocenters. The van der Waals surface area contributed by atoms with Gasteiger partial charge in [-0.05, 0) is 13.0 Å². The molecule has 0 aliphatic rings. The topological polar surface area (TPSA) is 105 Å². The van der Waals surface area contributed by atoms with Crippen molar-refractivity contribution in [1.82, 2.24) is 5.32 Å². The summed E-state index contributed by atoms with van der Waals surface area (Å²) < 4.78 is 31.1. The second-order valence-electron chi connectivity index (χ2n) is 3.73. The van der Waals surface area contributed by atoms with Gasteiger partial charge in [0.1, 0.15) is 18.2 Å². The van der Waals surface area contributed by atoms with Gasteiger partial charge in [-0.15, -0.1) is 0 Å². The van der Waals surface area contributed by atoms with Gasteiger partial charge in [0.2, 0.25) is 0 Å². The van der Waals surface area contributed by atoms with Gasteiger partial charge in [-0.1, -0.05) is 0 Å². The average molecular weight is 302 g/mol. The minimum absolute atomic E-state index is 0.136. The fourth-order valence-corrected chi connectivity index (χ4v) is 1.34. The number of hydrogen-bond acceptors (Lipinski definition) is 4. The van der Waals surface area contributed by atoms with Gasteiger partial charge in [-0.25, -0.2) is 18.4 Å². The zero-order valence-corrected chi connectivity index (χ0v) is 10.9. The number of urea groups is 1. The standard InChI is InChI=1S/C12H12F2N2O5/c1-2-21-10(17)5-15-12(20)16-9-3-6(11(18)19)7(13)4-8(9)14/h3-4H,2,5H2,1H3,(H,18,19)(H2,15,16,20). The number of hydrogen-bond donors (Lipinski definition) is 3. The third kappa shape index (κ3) is 4.71. The SMILES string of the molecule is CCOC(=O)CNC(=O)Nc1cc(C(=O)O)c(F)cc1F. The third-order valence-corrected chi connectivity index (χ3v) is 2.23. The molecule has 7 nitrogen and oxygen atoms in total. The van der Waals surface area contributed by atoms with Crippen LogP contribution in [-0.2, 0) is 9.53 Å². The molecule has 1 aromatic rings. The number of esters is 1. The number of amides is 2. The van der Waals surface area contributed by atoms with Crippen molar-refractivity contribution in [2.75, 3.05) is 18.5 Å². The highest BCUT2D eigenvalue weighted by Crippen LogP contribution is 2.19. The molecule has 1 rings (SSSR count). The Hall–Kier alpha value is -2.71. The van der Waals surface area contributed by atoms with Gasteiger partial charge >= 0.3 is 18.0 Å². The van der Waals surface area contributed by atoms with Crippen LogP contribution in [0, 0.1) is 11.6 Å². The lowest BCUT2D eigenvalue weighted by atomic mass is 10.2. The fraction of sp³-hybridized carbons (Fsp3) is 0.250. The number of benzene rings is 1. The first-order valence-electron chi connectivity index (χ1n) is 5.78. The largest absolute Gasteiger partial charge is 0.478 e. The first-order chi connectivity index (χ1) is 9.85. The van der Waals surface area contributed by atoms with Crippen LogP contribution in [-0.4, -0.2) is 36.2 Å². The lowest BCUT2D eigenvalue weighted by molar-refractivity contribution is -0.141. The Morgan fingerprint density at radius 1 is 1.24 bits per heavy atom. The Balaban J connectivity index is 2.74. The van der Waals surface area contributed by atoms with Crippen LogP contribution >= 0.6 is 0 Å². The summed E-state index contributed by atoms with van der Waals surface area (Å²) in [5.74, 6) is -4.72. The number of halogens is 2. The molecule has 1 aromatic carbocycles. The number of carbonyl (C=O) groups is 3. The highest BCUT2D eigenvalue weighted by atomic mass is 19.1. The van der Waals surface area contributed by atoms with Crippen LogP contribution in [0.2, 0.25) is 0 Å². The highest BCUT2D eigenvalue weighted by Gasteiger charge is 2.16. The van der Waals surface area contributed by atoms with Gasteiger partial charge in [0.15, 0.2) is 0 Å². The average Bonchev–Trinajstić information content (AvgIpc) is 2.39. The Kier molecular flexibility index (Phi) is 5.58. The molecular formula is C12H12F2N2O5. The van der Waals surface area contributed by atoms with Crippen LogP contribution < -0.4 is 10.6 Å². The quantitative estimate of drug-likeness (QED) is 0.712. The molecule has 114 valence electrons. The smallest absolute Gasteiger partial charge is 0.338 e. The molecule has 0 fully saturated rings. The summed E-state index contributed by atoms with van der Waals surface area (Å²) in [6.07, 6.45) is 0. The van der Waals surface area contributed by atoms with E-state index in [1.54, 1.807) is 6.92 Å². The molecule has 0 heterocycles. The fourth-order valence-electron chi connectivity index (χ4n) is 1.34. The molecule has 0 bridgehead atoms. The summed E-state index contributed by atoms with van der Waals surface area (Å²) in [4.78, 5) is 33.1. The Bertz CT molecular complexity index is 577. The summed E-state index contributed by atoms with van der Waals surface area (Å²) >= 11 is 0. The summed E-state index contributed by atoms with van der Waals surface area (Å²) in [7, 11) is 0. The number of anilines is 1. The molecule has 0 spiro atoms. The number of aromatic carboxylic acids is 1. The van der Waals surface area contributed by atoms with Gasteiger partial charge < -0.3 is 20.5 Å². The van der Waals surface area contributed by atoms with Crippen LogP contribution in [0.15, 0.2) is 12.1 Å². The Labute approximate surface area is 117 Å². The minimum atomic E-state index is -1.61. The second kappa shape index (κ2) is 7.17. The predicted molar refractivity (Wildman–Crippen MR) is 67.0 cm³/mol. The van der Waals surface area contributed by atoms with Gasteiger partial charge in [0, 0.05) is 6.07 Å². The number of rotatable bonds is 5. The molecule has 9 heteroatoms. The monoisotopic (exact) mass is 302 g/mol. The van der Waals surface area contributed by atoms with Gasteiger partial charge in [-0.2, -0.15) is 0 Å². The van der Waals surface area contributed by atoms with Crippen molar-refractivity contribution in [3.63, 3.8) is 0 Å². The molecule has 0 radical (unpaired) electrons.